The summed E-state index contributed by atoms with van der Waals surface area (Å²) in [5.41, 5.74) is 2.33. The SMILES string of the molecule is C=C(C)C1CN(Cc2ccccc2)CC1C(=O)OC. The Hall–Kier alpha value is -1.61. The van der Waals surface area contributed by atoms with Gasteiger partial charge in [-0.3, -0.25) is 9.69 Å². The summed E-state index contributed by atoms with van der Waals surface area (Å²) in [7, 11) is 1.46. The maximum atomic E-state index is 11.8. The van der Waals surface area contributed by atoms with Crippen molar-refractivity contribution in [2.75, 3.05) is 20.2 Å². The van der Waals surface area contributed by atoms with Gasteiger partial charge >= 0.3 is 5.97 Å². The minimum Gasteiger partial charge on any atom is -0.469 e. The standard InChI is InChI=1S/C16H21NO2/c1-12(2)14-10-17(11-15(14)16(18)19-3)9-13-7-5-4-6-8-13/h4-8,14-15H,1,9-11H2,2-3H3. The second kappa shape index (κ2) is 6.02. The van der Waals surface area contributed by atoms with Gasteiger partial charge in [0.1, 0.15) is 0 Å². The van der Waals surface area contributed by atoms with Crippen LogP contribution in [0.4, 0.5) is 0 Å². The number of hydrogen-bond acceptors (Lipinski definition) is 3. The average Bonchev–Trinajstić information content (AvgIpc) is 2.83. The van der Waals surface area contributed by atoms with Crippen LogP contribution in [-0.2, 0) is 16.1 Å². The molecule has 1 aromatic carbocycles. The molecule has 1 aliphatic rings. The van der Waals surface area contributed by atoms with Gasteiger partial charge in [-0.15, -0.1) is 0 Å². The molecule has 0 N–H and O–H groups in total. The van der Waals surface area contributed by atoms with Gasteiger partial charge in [0.25, 0.3) is 0 Å². The monoisotopic (exact) mass is 259 g/mol. The van der Waals surface area contributed by atoms with Crippen molar-refractivity contribution in [1.29, 1.82) is 0 Å². The highest BCUT2D eigenvalue weighted by atomic mass is 16.5. The molecule has 1 fully saturated rings. The summed E-state index contributed by atoms with van der Waals surface area (Å²) in [5, 5.41) is 0. The minimum atomic E-state index is -0.122. The number of likely N-dealkylation sites (tertiary alicyclic amines) is 1. The van der Waals surface area contributed by atoms with Gasteiger partial charge in [0.2, 0.25) is 0 Å². The van der Waals surface area contributed by atoms with Crippen LogP contribution in [0.25, 0.3) is 0 Å². The number of hydrogen-bond donors (Lipinski definition) is 0. The molecule has 0 radical (unpaired) electrons. The molecule has 1 aromatic rings. The molecule has 0 aromatic heterocycles. The first-order valence-corrected chi connectivity index (χ1v) is 6.61. The summed E-state index contributed by atoms with van der Waals surface area (Å²) in [6, 6.07) is 10.3. The van der Waals surface area contributed by atoms with Gasteiger partial charge < -0.3 is 4.74 Å². The van der Waals surface area contributed by atoms with Crippen LogP contribution in [0.5, 0.6) is 0 Å². The molecule has 102 valence electrons. The van der Waals surface area contributed by atoms with E-state index in [0.29, 0.717) is 0 Å². The van der Waals surface area contributed by atoms with Crippen molar-refractivity contribution in [2.45, 2.75) is 13.5 Å². The molecule has 0 aliphatic carbocycles. The lowest BCUT2D eigenvalue weighted by Gasteiger charge is -2.16. The molecular weight excluding hydrogens is 238 g/mol. The molecule has 1 saturated heterocycles. The summed E-state index contributed by atoms with van der Waals surface area (Å²) < 4.78 is 4.91. The van der Waals surface area contributed by atoms with E-state index < -0.39 is 0 Å². The van der Waals surface area contributed by atoms with E-state index in [9.17, 15) is 4.79 Å². The van der Waals surface area contributed by atoms with E-state index in [1.165, 1.54) is 12.7 Å². The Morgan fingerprint density at radius 1 is 1.32 bits per heavy atom. The van der Waals surface area contributed by atoms with E-state index in [4.69, 9.17) is 4.74 Å². The molecule has 2 atom stereocenters. The summed E-state index contributed by atoms with van der Waals surface area (Å²) in [4.78, 5) is 14.1. The van der Waals surface area contributed by atoms with Crippen LogP contribution in [0.15, 0.2) is 42.5 Å². The quantitative estimate of drug-likeness (QED) is 0.614. The zero-order valence-electron chi connectivity index (χ0n) is 11.6. The molecule has 0 amide bonds. The molecule has 1 heterocycles. The number of benzene rings is 1. The Labute approximate surface area is 114 Å². The third kappa shape index (κ3) is 3.24. The average molecular weight is 259 g/mol. The molecule has 1 aliphatic heterocycles. The number of carbonyl (C=O) groups excluding carboxylic acids is 1. The van der Waals surface area contributed by atoms with E-state index in [2.05, 4.69) is 23.6 Å². The van der Waals surface area contributed by atoms with Crippen molar-refractivity contribution in [3.63, 3.8) is 0 Å². The van der Waals surface area contributed by atoms with Crippen molar-refractivity contribution >= 4 is 5.97 Å². The van der Waals surface area contributed by atoms with Crippen LogP contribution in [0.3, 0.4) is 0 Å². The number of ether oxygens (including phenoxy) is 1. The fourth-order valence-corrected chi connectivity index (χ4v) is 2.75. The highest BCUT2D eigenvalue weighted by molar-refractivity contribution is 5.74. The fourth-order valence-electron chi connectivity index (χ4n) is 2.75. The second-order valence-corrected chi connectivity index (χ2v) is 5.26. The molecule has 19 heavy (non-hydrogen) atoms. The lowest BCUT2D eigenvalue weighted by atomic mass is 9.90. The minimum absolute atomic E-state index is 0.0776. The molecule has 3 heteroatoms. The molecule has 0 saturated carbocycles. The normalized spacial score (nSPS) is 23.3. The number of esters is 1. The lowest BCUT2D eigenvalue weighted by Crippen LogP contribution is -2.25. The van der Waals surface area contributed by atoms with Crippen molar-refractivity contribution in [3.8, 4) is 0 Å². The molecule has 2 rings (SSSR count). The Morgan fingerprint density at radius 3 is 2.53 bits per heavy atom. The van der Waals surface area contributed by atoms with Crippen LogP contribution in [0, 0.1) is 11.8 Å². The van der Waals surface area contributed by atoms with E-state index in [1.807, 2.05) is 25.1 Å². The Bertz CT molecular complexity index is 455. The van der Waals surface area contributed by atoms with Gasteiger partial charge in [-0.1, -0.05) is 42.5 Å². The number of rotatable bonds is 4. The Balaban J connectivity index is 2.05. The van der Waals surface area contributed by atoms with E-state index in [0.717, 1.165) is 25.2 Å². The summed E-state index contributed by atoms with van der Waals surface area (Å²) in [5.74, 6) is 0.00550. The van der Waals surface area contributed by atoms with Gasteiger partial charge in [-0.2, -0.15) is 0 Å². The van der Waals surface area contributed by atoms with Crippen LogP contribution >= 0.6 is 0 Å². The number of methoxy groups -OCH3 is 1. The fraction of sp³-hybridized carbons (Fsp3) is 0.438. The molecule has 2 unspecified atom stereocenters. The first-order valence-electron chi connectivity index (χ1n) is 6.61. The van der Waals surface area contributed by atoms with Crippen LogP contribution < -0.4 is 0 Å². The predicted molar refractivity (Wildman–Crippen MR) is 75.5 cm³/mol. The topological polar surface area (TPSA) is 29.5 Å². The summed E-state index contributed by atoms with van der Waals surface area (Å²) in [6.45, 7) is 8.50. The van der Waals surface area contributed by atoms with Crippen LogP contribution in [-0.4, -0.2) is 31.1 Å². The predicted octanol–water partition coefficient (Wildman–Crippen LogP) is 2.48. The second-order valence-electron chi connectivity index (χ2n) is 5.26. The third-order valence-corrected chi connectivity index (χ3v) is 3.78. The van der Waals surface area contributed by atoms with Crippen LogP contribution in [0.2, 0.25) is 0 Å². The Morgan fingerprint density at radius 2 is 1.95 bits per heavy atom. The van der Waals surface area contributed by atoms with Crippen molar-refractivity contribution in [3.05, 3.63) is 48.0 Å². The number of nitrogens with zero attached hydrogens (tertiary/aromatic N) is 1. The van der Waals surface area contributed by atoms with Gasteiger partial charge in [0, 0.05) is 25.6 Å². The first kappa shape index (κ1) is 13.8. The largest absolute Gasteiger partial charge is 0.469 e. The maximum Gasteiger partial charge on any atom is 0.310 e. The third-order valence-electron chi connectivity index (χ3n) is 3.78. The van der Waals surface area contributed by atoms with Crippen LogP contribution in [0.1, 0.15) is 12.5 Å². The van der Waals surface area contributed by atoms with Crippen molar-refractivity contribution < 1.29 is 9.53 Å². The molecule has 3 nitrogen and oxygen atoms in total. The maximum absolute atomic E-state index is 11.8. The Kier molecular flexibility index (Phi) is 4.38. The van der Waals surface area contributed by atoms with Crippen molar-refractivity contribution in [2.24, 2.45) is 11.8 Å². The highest BCUT2D eigenvalue weighted by Crippen LogP contribution is 2.30. The lowest BCUT2D eigenvalue weighted by molar-refractivity contribution is -0.145. The van der Waals surface area contributed by atoms with E-state index in [1.54, 1.807) is 0 Å². The first-order chi connectivity index (χ1) is 9.11. The van der Waals surface area contributed by atoms with Gasteiger partial charge in [0.15, 0.2) is 0 Å². The van der Waals surface area contributed by atoms with Gasteiger partial charge in [0.05, 0.1) is 13.0 Å². The molecule has 0 spiro atoms. The zero-order chi connectivity index (χ0) is 13.8. The zero-order valence-corrected chi connectivity index (χ0v) is 11.6. The number of carbonyl (C=O) groups is 1. The molecule has 0 bridgehead atoms. The van der Waals surface area contributed by atoms with E-state index >= 15 is 0 Å². The van der Waals surface area contributed by atoms with Crippen molar-refractivity contribution in [1.82, 2.24) is 4.90 Å². The molecular formula is C16H21NO2. The van der Waals surface area contributed by atoms with E-state index in [-0.39, 0.29) is 17.8 Å². The summed E-state index contributed by atoms with van der Waals surface area (Å²) in [6.07, 6.45) is 0. The smallest absolute Gasteiger partial charge is 0.310 e. The van der Waals surface area contributed by atoms with Gasteiger partial charge in [-0.05, 0) is 12.5 Å². The summed E-state index contributed by atoms with van der Waals surface area (Å²) >= 11 is 0. The highest BCUT2D eigenvalue weighted by Gasteiger charge is 2.38. The van der Waals surface area contributed by atoms with Gasteiger partial charge in [-0.25, -0.2) is 0 Å².